The predicted octanol–water partition coefficient (Wildman–Crippen LogP) is 3.56. The molecule has 0 bridgehead atoms. The highest BCUT2D eigenvalue weighted by Crippen LogP contribution is 2.20. The average Bonchev–Trinajstić information content (AvgIpc) is 2.55. The zero-order chi connectivity index (χ0) is 17.5. The number of benzene rings is 1. The normalized spacial score (nSPS) is 10.7. The van der Waals surface area contributed by atoms with Crippen LogP contribution in [0.2, 0.25) is 0 Å². The Hall–Kier alpha value is -2.15. The maximum Gasteiger partial charge on any atom is 0.230 e. The van der Waals surface area contributed by atoms with Crippen LogP contribution < -0.4 is 10.1 Å². The van der Waals surface area contributed by atoms with Crippen LogP contribution >= 0.6 is 11.8 Å². The summed E-state index contributed by atoms with van der Waals surface area (Å²) in [4.78, 5) is 16.5. The molecule has 1 N–H and O–H groups in total. The second kappa shape index (κ2) is 8.63. The number of nitrogens with zero attached hydrogens (tertiary/aromatic N) is 1. The van der Waals surface area contributed by atoms with Crippen LogP contribution in [-0.2, 0) is 11.3 Å². The van der Waals surface area contributed by atoms with E-state index in [1.807, 2.05) is 19.9 Å². The average molecular weight is 352 g/mol. The third-order valence-electron chi connectivity index (χ3n) is 2.90. The van der Waals surface area contributed by atoms with Crippen LogP contribution in [0.1, 0.15) is 19.4 Å². The van der Waals surface area contributed by atoms with Crippen molar-refractivity contribution in [2.45, 2.75) is 31.4 Å². The van der Waals surface area contributed by atoms with Crippen LogP contribution in [-0.4, -0.2) is 22.7 Å². The zero-order valence-electron chi connectivity index (χ0n) is 13.4. The lowest BCUT2D eigenvalue weighted by Gasteiger charge is -2.09. The van der Waals surface area contributed by atoms with Crippen molar-refractivity contribution in [2.24, 2.45) is 0 Å². The number of hydrogen-bond donors (Lipinski definition) is 1. The molecule has 0 saturated heterocycles. The van der Waals surface area contributed by atoms with Crippen molar-refractivity contribution in [3.05, 3.63) is 53.7 Å². The van der Waals surface area contributed by atoms with Crippen molar-refractivity contribution in [3.8, 4) is 5.88 Å². The van der Waals surface area contributed by atoms with Gasteiger partial charge in [0.05, 0.1) is 11.9 Å². The van der Waals surface area contributed by atoms with Gasteiger partial charge >= 0.3 is 0 Å². The molecule has 1 aromatic heterocycles. The molecule has 1 heterocycles. The van der Waals surface area contributed by atoms with Crippen molar-refractivity contribution < 1.29 is 18.3 Å². The molecule has 128 valence electrons. The highest BCUT2D eigenvalue weighted by atomic mass is 32.2. The maximum absolute atomic E-state index is 13.1. The lowest BCUT2D eigenvalue weighted by Crippen LogP contribution is -2.24. The van der Waals surface area contributed by atoms with E-state index in [2.05, 4.69) is 10.3 Å². The van der Waals surface area contributed by atoms with E-state index in [1.54, 1.807) is 12.3 Å². The number of nitrogens with one attached hydrogen (secondary N) is 1. The minimum atomic E-state index is -0.921. The van der Waals surface area contributed by atoms with Gasteiger partial charge in [-0.1, -0.05) is 6.07 Å². The molecule has 0 aliphatic heterocycles. The SMILES string of the molecule is CC(C)Oc1ccc(CNC(=O)CSc2ccc(F)c(F)c2)cn1. The van der Waals surface area contributed by atoms with E-state index < -0.39 is 11.6 Å². The molecule has 24 heavy (non-hydrogen) atoms. The number of rotatable bonds is 7. The molecule has 0 fully saturated rings. The summed E-state index contributed by atoms with van der Waals surface area (Å²) in [5.41, 5.74) is 0.845. The fraction of sp³-hybridized carbons (Fsp3) is 0.294. The topological polar surface area (TPSA) is 51.2 Å². The van der Waals surface area contributed by atoms with E-state index in [0.717, 1.165) is 29.5 Å². The summed E-state index contributed by atoms with van der Waals surface area (Å²) < 4.78 is 31.3. The Bertz CT molecular complexity index is 693. The van der Waals surface area contributed by atoms with E-state index in [1.165, 1.54) is 6.07 Å². The number of halogens is 2. The monoisotopic (exact) mass is 352 g/mol. The van der Waals surface area contributed by atoms with Crippen molar-refractivity contribution in [1.82, 2.24) is 10.3 Å². The lowest BCUT2D eigenvalue weighted by molar-refractivity contribution is -0.118. The van der Waals surface area contributed by atoms with Gasteiger partial charge in [-0.05, 0) is 37.6 Å². The van der Waals surface area contributed by atoms with Gasteiger partial charge in [0.25, 0.3) is 0 Å². The number of carbonyl (C=O) groups is 1. The Balaban J connectivity index is 1.77. The van der Waals surface area contributed by atoms with Crippen LogP contribution in [0.5, 0.6) is 5.88 Å². The molecule has 2 rings (SSSR count). The molecular weight excluding hydrogens is 334 g/mol. The molecule has 0 unspecified atom stereocenters. The Kier molecular flexibility index (Phi) is 6.54. The Morgan fingerprint density at radius 2 is 2.04 bits per heavy atom. The van der Waals surface area contributed by atoms with Gasteiger partial charge in [-0.3, -0.25) is 4.79 Å². The number of ether oxygens (including phenoxy) is 1. The van der Waals surface area contributed by atoms with Crippen LogP contribution in [0.25, 0.3) is 0 Å². The smallest absolute Gasteiger partial charge is 0.230 e. The Labute approximate surface area is 143 Å². The van der Waals surface area contributed by atoms with Crippen LogP contribution in [0.3, 0.4) is 0 Å². The van der Waals surface area contributed by atoms with Crippen molar-refractivity contribution in [3.63, 3.8) is 0 Å². The standard InChI is InChI=1S/C17H18F2N2O2S/c1-11(2)23-17-6-3-12(9-21-17)8-20-16(22)10-24-13-4-5-14(18)15(19)7-13/h3-7,9,11H,8,10H2,1-2H3,(H,20,22). The van der Waals surface area contributed by atoms with Gasteiger partial charge < -0.3 is 10.1 Å². The van der Waals surface area contributed by atoms with Crippen LogP contribution in [0.4, 0.5) is 8.78 Å². The van der Waals surface area contributed by atoms with Gasteiger partial charge in [0.2, 0.25) is 11.8 Å². The second-order valence-electron chi connectivity index (χ2n) is 5.31. The molecular formula is C17H18F2N2O2S. The molecule has 0 spiro atoms. The largest absolute Gasteiger partial charge is 0.475 e. The number of hydrogen-bond acceptors (Lipinski definition) is 4. The van der Waals surface area contributed by atoms with E-state index in [-0.39, 0.29) is 17.8 Å². The van der Waals surface area contributed by atoms with Crippen molar-refractivity contribution in [1.29, 1.82) is 0 Å². The van der Waals surface area contributed by atoms with Gasteiger partial charge in [-0.15, -0.1) is 11.8 Å². The highest BCUT2D eigenvalue weighted by Gasteiger charge is 2.07. The Morgan fingerprint density at radius 3 is 2.67 bits per heavy atom. The number of aromatic nitrogens is 1. The maximum atomic E-state index is 13.1. The first kappa shape index (κ1) is 18.2. The molecule has 2 aromatic rings. The first-order valence-electron chi connectivity index (χ1n) is 7.40. The van der Waals surface area contributed by atoms with Gasteiger partial charge in [-0.2, -0.15) is 0 Å². The summed E-state index contributed by atoms with van der Waals surface area (Å²) in [5.74, 6) is -1.37. The van der Waals surface area contributed by atoms with E-state index in [0.29, 0.717) is 17.3 Å². The first-order chi connectivity index (χ1) is 11.4. The molecule has 0 saturated carbocycles. The van der Waals surface area contributed by atoms with Gasteiger partial charge in [0.1, 0.15) is 0 Å². The molecule has 0 atom stereocenters. The minimum absolute atomic E-state index is 0.0522. The summed E-state index contributed by atoms with van der Waals surface area (Å²) in [7, 11) is 0. The molecule has 1 amide bonds. The molecule has 7 heteroatoms. The summed E-state index contributed by atoms with van der Waals surface area (Å²) in [6, 6.07) is 7.13. The summed E-state index contributed by atoms with van der Waals surface area (Å²) >= 11 is 1.14. The predicted molar refractivity (Wildman–Crippen MR) is 88.9 cm³/mol. The van der Waals surface area contributed by atoms with Gasteiger partial charge in [0, 0.05) is 23.7 Å². The number of carbonyl (C=O) groups excluding carboxylic acids is 1. The summed E-state index contributed by atoms with van der Waals surface area (Å²) in [6.07, 6.45) is 1.69. The Morgan fingerprint density at radius 1 is 1.25 bits per heavy atom. The van der Waals surface area contributed by atoms with E-state index in [4.69, 9.17) is 4.74 Å². The number of thioether (sulfide) groups is 1. The third kappa shape index (κ3) is 5.81. The second-order valence-corrected chi connectivity index (χ2v) is 6.36. The fourth-order valence-corrected chi connectivity index (χ4v) is 2.54. The number of amides is 1. The zero-order valence-corrected chi connectivity index (χ0v) is 14.2. The number of pyridine rings is 1. The third-order valence-corrected chi connectivity index (χ3v) is 3.90. The van der Waals surface area contributed by atoms with Crippen LogP contribution in [0.15, 0.2) is 41.4 Å². The van der Waals surface area contributed by atoms with Gasteiger partial charge in [-0.25, -0.2) is 13.8 Å². The minimum Gasteiger partial charge on any atom is -0.475 e. The molecule has 1 aromatic carbocycles. The molecule has 4 nitrogen and oxygen atoms in total. The molecule has 0 aliphatic rings. The van der Waals surface area contributed by atoms with Gasteiger partial charge in [0.15, 0.2) is 11.6 Å². The lowest BCUT2D eigenvalue weighted by atomic mass is 10.3. The van der Waals surface area contributed by atoms with Crippen molar-refractivity contribution >= 4 is 17.7 Å². The summed E-state index contributed by atoms with van der Waals surface area (Å²) in [5, 5.41) is 2.75. The summed E-state index contributed by atoms with van der Waals surface area (Å²) in [6.45, 7) is 4.17. The first-order valence-corrected chi connectivity index (χ1v) is 8.38. The van der Waals surface area contributed by atoms with E-state index in [9.17, 15) is 13.6 Å². The van der Waals surface area contributed by atoms with Crippen molar-refractivity contribution in [2.75, 3.05) is 5.75 Å². The molecule has 0 aliphatic carbocycles. The van der Waals surface area contributed by atoms with E-state index >= 15 is 0 Å². The van der Waals surface area contributed by atoms with Crippen LogP contribution in [0, 0.1) is 11.6 Å². The fourth-order valence-electron chi connectivity index (χ4n) is 1.79. The quantitative estimate of drug-likeness (QED) is 0.774. The highest BCUT2D eigenvalue weighted by molar-refractivity contribution is 8.00. The molecule has 0 radical (unpaired) electrons.